The van der Waals surface area contributed by atoms with E-state index in [1.54, 1.807) is 12.1 Å². The first-order valence-electron chi connectivity index (χ1n) is 5.25. The highest BCUT2D eigenvalue weighted by molar-refractivity contribution is 5.57. The molecule has 0 saturated carbocycles. The fourth-order valence-electron chi connectivity index (χ4n) is 1.57. The highest BCUT2D eigenvalue weighted by Crippen LogP contribution is 2.22. The van der Waals surface area contributed by atoms with E-state index >= 15 is 0 Å². The second-order valence-electron chi connectivity index (χ2n) is 3.95. The van der Waals surface area contributed by atoms with Crippen LogP contribution in [0.2, 0.25) is 0 Å². The molecule has 1 unspecified atom stereocenters. The van der Waals surface area contributed by atoms with Crippen LogP contribution in [0.5, 0.6) is 0 Å². The van der Waals surface area contributed by atoms with Gasteiger partial charge in [0, 0.05) is 18.0 Å². The molecule has 0 spiro atoms. The molecule has 0 amide bonds. The first-order valence-corrected chi connectivity index (χ1v) is 5.25. The largest absolute Gasteiger partial charge is 0.461 e. The van der Waals surface area contributed by atoms with Gasteiger partial charge in [-0.25, -0.2) is 4.39 Å². The lowest BCUT2D eigenvalue weighted by Gasteiger charge is -2.01. The molecule has 1 atom stereocenters. The molecule has 0 aliphatic carbocycles. The molecule has 0 aliphatic heterocycles. The average molecular weight is 219 g/mol. The quantitative estimate of drug-likeness (QED) is 0.861. The van der Waals surface area contributed by atoms with Crippen molar-refractivity contribution >= 4 is 0 Å². The Labute approximate surface area is 93.9 Å². The molecule has 0 fully saturated rings. The van der Waals surface area contributed by atoms with Crippen molar-refractivity contribution in [2.24, 2.45) is 5.73 Å². The smallest absolute Gasteiger partial charge is 0.134 e. The van der Waals surface area contributed by atoms with Gasteiger partial charge in [-0.15, -0.1) is 0 Å². The van der Waals surface area contributed by atoms with Gasteiger partial charge in [-0.1, -0.05) is 0 Å². The van der Waals surface area contributed by atoms with E-state index < -0.39 is 0 Å². The molecule has 0 radical (unpaired) electrons. The summed E-state index contributed by atoms with van der Waals surface area (Å²) in [5, 5.41) is 0. The minimum absolute atomic E-state index is 0.0761. The van der Waals surface area contributed by atoms with E-state index in [1.165, 1.54) is 12.1 Å². The van der Waals surface area contributed by atoms with Crippen LogP contribution in [0.25, 0.3) is 11.3 Å². The van der Waals surface area contributed by atoms with Gasteiger partial charge in [0.05, 0.1) is 0 Å². The van der Waals surface area contributed by atoms with Gasteiger partial charge in [0.1, 0.15) is 17.3 Å². The first kappa shape index (κ1) is 10.9. The van der Waals surface area contributed by atoms with Gasteiger partial charge < -0.3 is 10.2 Å². The molecule has 0 bridgehead atoms. The van der Waals surface area contributed by atoms with E-state index in [-0.39, 0.29) is 11.9 Å². The molecule has 0 saturated heterocycles. The Morgan fingerprint density at radius 2 is 1.88 bits per heavy atom. The van der Waals surface area contributed by atoms with E-state index in [9.17, 15) is 4.39 Å². The third-order valence-electron chi connectivity index (χ3n) is 2.31. The van der Waals surface area contributed by atoms with Gasteiger partial charge in [0.25, 0.3) is 0 Å². The van der Waals surface area contributed by atoms with E-state index in [0.29, 0.717) is 6.42 Å². The molecule has 3 heteroatoms. The summed E-state index contributed by atoms with van der Waals surface area (Å²) in [5.74, 6) is 1.36. The monoisotopic (exact) mass is 219 g/mol. The van der Waals surface area contributed by atoms with Gasteiger partial charge >= 0.3 is 0 Å². The van der Waals surface area contributed by atoms with E-state index in [1.807, 2.05) is 19.1 Å². The van der Waals surface area contributed by atoms with Crippen molar-refractivity contribution in [2.75, 3.05) is 0 Å². The summed E-state index contributed by atoms with van der Waals surface area (Å²) < 4.78 is 18.4. The lowest BCUT2D eigenvalue weighted by Crippen LogP contribution is -2.17. The maximum atomic E-state index is 12.7. The van der Waals surface area contributed by atoms with E-state index in [2.05, 4.69) is 0 Å². The van der Waals surface area contributed by atoms with Crippen LogP contribution in [0.4, 0.5) is 4.39 Å². The van der Waals surface area contributed by atoms with Crippen molar-refractivity contribution in [1.82, 2.24) is 0 Å². The third-order valence-corrected chi connectivity index (χ3v) is 2.31. The maximum absolute atomic E-state index is 12.7. The molecule has 2 nitrogen and oxygen atoms in total. The zero-order valence-corrected chi connectivity index (χ0v) is 9.11. The van der Waals surface area contributed by atoms with Gasteiger partial charge in [-0.2, -0.15) is 0 Å². The molecule has 2 rings (SSSR count). The number of halogens is 1. The molecule has 2 aromatic rings. The normalized spacial score (nSPS) is 12.7. The third kappa shape index (κ3) is 2.49. The van der Waals surface area contributed by atoms with E-state index in [0.717, 1.165) is 17.1 Å². The highest BCUT2D eigenvalue weighted by atomic mass is 19.1. The predicted molar refractivity (Wildman–Crippen MR) is 61.5 cm³/mol. The van der Waals surface area contributed by atoms with Crippen molar-refractivity contribution in [2.45, 2.75) is 19.4 Å². The Hall–Kier alpha value is -1.61. The van der Waals surface area contributed by atoms with Crippen molar-refractivity contribution in [3.8, 4) is 11.3 Å². The van der Waals surface area contributed by atoms with Crippen molar-refractivity contribution < 1.29 is 8.81 Å². The number of furan rings is 1. The molecule has 1 aromatic carbocycles. The highest BCUT2D eigenvalue weighted by Gasteiger charge is 2.06. The van der Waals surface area contributed by atoms with Crippen LogP contribution in [0, 0.1) is 5.82 Å². The van der Waals surface area contributed by atoms with Crippen LogP contribution in [0.1, 0.15) is 12.7 Å². The Balaban J connectivity index is 2.21. The number of hydrogen-bond acceptors (Lipinski definition) is 2. The minimum Gasteiger partial charge on any atom is -0.461 e. The SMILES string of the molecule is CC(N)Cc1ccc(-c2ccc(F)cc2)o1. The maximum Gasteiger partial charge on any atom is 0.134 e. The van der Waals surface area contributed by atoms with E-state index in [4.69, 9.17) is 10.2 Å². The zero-order valence-electron chi connectivity index (χ0n) is 9.11. The van der Waals surface area contributed by atoms with Gasteiger partial charge in [0.2, 0.25) is 0 Å². The summed E-state index contributed by atoms with van der Waals surface area (Å²) in [6.07, 6.45) is 0.710. The molecule has 16 heavy (non-hydrogen) atoms. The second kappa shape index (κ2) is 4.49. The Bertz CT molecular complexity index is 459. The lowest BCUT2D eigenvalue weighted by atomic mass is 10.2. The van der Waals surface area contributed by atoms with Gasteiger partial charge in [0.15, 0.2) is 0 Å². The number of nitrogens with two attached hydrogens (primary N) is 1. The number of rotatable bonds is 3. The summed E-state index contributed by atoms with van der Waals surface area (Å²) >= 11 is 0. The Kier molecular flexibility index (Phi) is 3.06. The molecule has 84 valence electrons. The summed E-state index contributed by atoms with van der Waals surface area (Å²) in [6.45, 7) is 1.93. The van der Waals surface area contributed by atoms with Crippen LogP contribution < -0.4 is 5.73 Å². The molecule has 0 aliphatic rings. The van der Waals surface area contributed by atoms with Crippen LogP contribution >= 0.6 is 0 Å². The van der Waals surface area contributed by atoms with Crippen LogP contribution in [-0.4, -0.2) is 6.04 Å². The molecule has 2 N–H and O–H groups in total. The minimum atomic E-state index is -0.244. The molecular weight excluding hydrogens is 205 g/mol. The number of hydrogen-bond donors (Lipinski definition) is 1. The standard InChI is InChI=1S/C13H14FNO/c1-9(15)8-12-6-7-13(16-12)10-2-4-11(14)5-3-10/h2-7,9H,8,15H2,1H3. The Morgan fingerprint density at radius 1 is 1.19 bits per heavy atom. The first-order chi connectivity index (χ1) is 7.65. The van der Waals surface area contributed by atoms with Gasteiger partial charge in [-0.3, -0.25) is 0 Å². The second-order valence-corrected chi connectivity index (χ2v) is 3.95. The van der Waals surface area contributed by atoms with Crippen molar-refractivity contribution in [1.29, 1.82) is 0 Å². The molecule has 1 heterocycles. The van der Waals surface area contributed by atoms with Crippen molar-refractivity contribution in [3.05, 3.63) is 48.0 Å². The lowest BCUT2D eigenvalue weighted by molar-refractivity contribution is 0.503. The fraction of sp³-hybridized carbons (Fsp3) is 0.231. The zero-order chi connectivity index (χ0) is 11.5. The van der Waals surface area contributed by atoms with Crippen LogP contribution in [0.15, 0.2) is 40.8 Å². The Morgan fingerprint density at radius 3 is 2.50 bits per heavy atom. The summed E-state index contributed by atoms with van der Waals surface area (Å²) in [6, 6.07) is 10.1. The average Bonchev–Trinajstić information content (AvgIpc) is 2.66. The topological polar surface area (TPSA) is 39.2 Å². The molecule has 1 aromatic heterocycles. The molecular formula is C13H14FNO. The predicted octanol–water partition coefficient (Wildman–Crippen LogP) is 2.98. The fourth-order valence-corrected chi connectivity index (χ4v) is 1.57. The summed E-state index contributed by atoms with van der Waals surface area (Å²) in [7, 11) is 0. The van der Waals surface area contributed by atoms with Crippen LogP contribution in [0.3, 0.4) is 0 Å². The number of benzene rings is 1. The van der Waals surface area contributed by atoms with Crippen LogP contribution in [-0.2, 0) is 6.42 Å². The van der Waals surface area contributed by atoms with Gasteiger partial charge in [-0.05, 0) is 43.3 Å². The summed E-state index contributed by atoms with van der Waals surface area (Å²) in [5.41, 5.74) is 6.56. The summed E-state index contributed by atoms with van der Waals surface area (Å²) in [4.78, 5) is 0. The van der Waals surface area contributed by atoms with Crippen molar-refractivity contribution in [3.63, 3.8) is 0 Å².